The molecule has 0 spiro atoms. The average Bonchev–Trinajstić information content (AvgIpc) is 3.14. The normalized spacial score (nSPS) is 16.9. The van der Waals surface area contributed by atoms with Gasteiger partial charge in [-0.3, -0.25) is 4.79 Å². The molecule has 0 saturated heterocycles. The Morgan fingerprint density at radius 3 is 2.83 bits per heavy atom. The number of hydrogen-bond donors (Lipinski definition) is 1. The number of fused-ring (bicyclic) bond motifs is 1. The van der Waals surface area contributed by atoms with E-state index in [0.717, 1.165) is 24.0 Å². The van der Waals surface area contributed by atoms with Gasteiger partial charge >= 0.3 is 6.43 Å². The highest BCUT2D eigenvalue weighted by atomic mass is 19.3. The van der Waals surface area contributed by atoms with Crippen LogP contribution >= 0.6 is 0 Å². The third kappa shape index (κ3) is 3.09. The maximum absolute atomic E-state index is 12.5. The standard InChI is InChI=1S/C16H17F2N3O2/c1-8(2)15(22)19-12-6-4-9-7-10(3-5-11(9)12)14-20-16(13(17)18)23-21-14/h3,5,7-8,12-13H,4,6H2,1-2H3,(H,19,22). The lowest BCUT2D eigenvalue weighted by molar-refractivity contribution is -0.124. The summed E-state index contributed by atoms with van der Waals surface area (Å²) in [4.78, 5) is 15.5. The summed E-state index contributed by atoms with van der Waals surface area (Å²) in [5.74, 6) is -0.572. The summed E-state index contributed by atoms with van der Waals surface area (Å²) in [5.41, 5.74) is 2.76. The molecule has 1 aliphatic rings. The molecule has 3 rings (SSSR count). The molecule has 0 bridgehead atoms. The number of aromatic nitrogens is 2. The van der Waals surface area contributed by atoms with Gasteiger partial charge in [-0.1, -0.05) is 31.1 Å². The molecule has 0 radical (unpaired) electrons. The van der Waals surface area contributed by atoms with Crippen molar-refractivity contribution in [2.45, 2.75) is 39.2 Å². The van der Waals surface area contributed by atoms with Crippen molar-refractivity contribution in [2.75, 3.05) is 0 Å². The predicted molar refractivity (Wildman–Crippen MR) is 78.7 cm³/mol. The van der Waals surface area contributed by atoms with E-state index < -0.39 is 12.3 Å². The summed E-state index contributed by atoms with van der Waals surface area (Å²) >= 11 is 0. The zero-order valence-electron chi connectivity index (χ0n) is 12.8. The molecule has 1 aromatic heterocycles. The first-order chi connectivity index (χ1) is 11.0. The van der Waals surface area contributed by atoms with Crippen molar-refractivity contribution in [1.29, 1.82) is 0 Å². The van der Waals surface area contributed by atoms with E-state index in [1.54, 1.807) is 6.07 Å². The molecule has 1 heterocycles. The second-order valence-electron chi connectivity index (χ2n) is 5.93. The molecule has 5 nitrogen and oxygen atoms in total. The summed E-state index contributed by atoms with van der Waals surface area (Å²) in [5, 5.41) is 6.61. The van der Waals surface area contributed by atoms with Gasteiger partial charge < -0.3 is 9.84 Å². The zero-order valence-corrected chi connectivity index (χ0v) is 12.8. The van der Waals surface area contributed by atoms with Crippen molar-refractivity contribution in [2.24, 2.45) is 5.92 Å². The van der Waals surface area contributed by atoms with Gasteiger partial charge in [0.1, 0.15) is 0 Å². The van der Waals surface area contributed by atoms with Gasteiger partial charge in [0, 0.05) is 11.5 Å². The van der Waals surface area contributed by atoms with Gasteiger partial charge in [-0.15, -0.1) is 0 Å². The monoisotopic (exact) mass is 321 g/mol. The van der Waals surface area contributed by atoms with Crippen molar-refractivity contribution >= 4 is 5.91 Å². The number of nitrogens with zero attached hydrogens (tertiary/aromatic N) is 2. The Morgan fingerprint density at radius 2 is 2.17 bits per heavy atom. The van der Waals surface area contributed by atoms with Crippen LogP contribution in [-0.4, -0.2) is 16.0 Å². The Labute approximate surface area is 132 Å². The number of carbonyl (C=O) groups is 1. The molecular weight excluding hydrogens is 304 g/mol. The van der Waals surface area contributed by atoms with Gasteiger partial charge in [-0.25, -0.2) is 0 Å². The highest BCUT2D eigenvalue weighted by molar-refractivity contribution is 5.78. The molecule has 122 valence electrons. The fraction of sp³-hybridized carbons (Fsp3) is 0.438. The maximum atomic E-state index is 12.5. The predicted octanol–water partition coefficient (Wildman–Crippen LogP) is 3.43. The Hall–Kier alpha value is -2.31. The lowest BCUT2D eigenvalue weighted by Crippen LogP contribution is -2.30. The van der Waals surface area contributed by atoms with Gasteiger partial charge in [-0.2, -0.15) is 13.8 Å². The SMILES string of the molecule is CC(C)C(=O)NC1CCc2cc(-c3noc(C(F)F)n3)ccc21. The van der Waals surface area contributed by atoms with Crippen LogP contribution in [0.1, 0.15) is 49.8 Å². The number of hydrogen-bond acceptors (Lipinski definition) is 4. The van der Waals surface area contributed by atoms with E-state index in [2.05, 4.69) is 20.0 Å². The first-order valence-corrected chi connectivity index (χ1v) is 7.51. The summed E-state index contributed by atoms with van der Waals surface area (Å²) in [6, 6.07) is 5.52. The van der Waals surface area contributed by atoms with Crippen LogP contribution in [0.2, 0.25) is 0 Å². The van der Waals surface area contributed by atoms with Gasteiger partial charge in [0.2, 0.25) is 11.7 Å². The Balaban J connectivity index is 1.82. The van der Waals surface area contributed by atoms with Crippen molar-refractivity contribution in [3.05, 3.63) is 35.2 Å². The largest absolute Gasteiger partial charge is 0.349 e. The number of rotatable bonds is 4. The first kappa shape index (κ1) is 15.6. The van der Waals surface area contributed by atoms with Gasteiger partial charge in [0.25, 0.3) is 5.89 Å². The third-order valence-corrected chi connectivity index (χ3v) is 3.95. The average molecular weight is 321 g/mol. The van der Waals surface area contributed by atoms with Crippen LogP contribution in [0.15, 0.2) is 22.7 Å². The number of benzene rings is 1. The van der Waals surface area contributed by atoms with Crippen LogP contribution in [0.5, 0.6) is 0 Å². The topological polar surface area (TPSA) is 68.0 Å². The molecule has 0 aliphatic heterocycles. The van der Waals surface area contributed by atoms with E-state index in [4.69, 9.17) is 0 Å². The molecule has 23 heavy (non-hydrogen) atoms. The van der Waals surface area contributed by atoms with Crippen LogP contribution in [0, 0.1) is 5.92 Å². The molecule has 1 atom stereocenters. The number of nitrogens with one attached hydrogen (secondary N) is 1. The molecule has 0 fully saturated rings. The van der Waals surface area contributed by atoms with Crippen molar-refractivity contribution < 1.29 is 18.1 Å². The lowest BCUT2D eigenvalue weighted by Gasteiger charge is -2.16. The van der Waals surface area contributed by atoms with Crippen LogP contribution in [-0.2, 0) is 11.2 Å². The minimum absolute atomic E-state index is 0.00385. The third-order valence-electron chi connectivity index (χ3n) is 3.95. The Morgan fingerprint density at radius 1 is 1.39 bits per heavy atom. The lowest BCUT2D eigenvalue weighted by atomic mass is 10.0. The molecule has 1 aromatic carbocycles. The molecule has 0 saturated carbocycles. The Kier molecular flexibility index (Phi) is 4.11. The summed E-state index contributed by atoms with van der Waals surface area (Å²) in [6.07, 6.45) is -1.14. The number of alkyl halides is 2. The molecule has 1 aliphatic carbocycles. The minimum atomic E-state index is -2.78. The van der Waals surface area contributed by atoms with E-state index in [9.17, 15) is 13.6 Å². The maximum Gasteiger partial charge on any atom is 0.315 e. The summed E-state index contributed by atoms with van der Waals surface area (Å²) < 4.78 is 29.6. The number of halogens is 2. The number of amides is 1. The molecular formula is C16H17F2N3O2. The van der Waals surface area contributed by atoms with Gasteiger partial charge in [-0.05, 0) is 30.0 Å². The number of carbonyl (C=O) groups excluding carboxylic acids is 1. The fourth-order valence-electron chi connectivity index (χ4n) is 2.69. The first-order valence-electron chi connectivity index (χ1n) is 7.51. The van der Waals surface area contributed by atoms with Gasteiger partial charge in [0.05, 0.1) is 6.04 Å². The van der Waals surface area contributed by atoms with E-state index in [1.165, 1.54) is 0 Å². The van der Waals surface area contributed by atoms with Crippen LogP contribution < -0.4 is 5.32 Å². The second kappa shape index (κ2) is 6.06. The molecule has 1 N–H and O–H groups in total. The molecule has 1 unspecified atom stereocenters. The molecule has 7 heteroatoms. The highest BCUT2D eigenvalue weighted by Gasteiger charge is 2.26. The van der Waals surface area contributed by atoms with Gasteiger partial charge in [0.15, 0.2) is 0 Å². The summed E-state index contributed by atoms with van der Waals surface area (Å²) in [6.45, 7) is 3.70. The van der Waals surface area contributed by atoms with Crippen LogP contribution in [0.3, 0.4) is 0 Å². The minimum Gasteiger partial charge on any atom is -0.349 e. The van der Waals surface area contributed by atoms with Crippen LogP contribution in [0.25, 0.3) is 11.4 Å². The smallest absolute Gasteiger partial charge is 0.315 e. The number of aryl methyl sites for hydroxylation is 1. The second-order valence-corrected chi connectivity index (χ2v) is 5.93. The molecule has 2 aromatic rings. The van der Waals surface area contributed by atoms with Crippen molar-refractivity contribution in [3.63, 3.8) is 0 Å². The zero-order chi connectivity index (χ0) is 16.6. The Bertz CT molecular complexity index is 728. The molecule has 1 amide bonds. The van der Waals surface area contributed by atoms with Crippen molar-refractivity contribution in [1.82, 2.24) is 15.5 Å². The van der Waals surface area contributed by atoms with E-state index in [-0.39, 0.29) is 23.7 Å². The fourth-order valence-corrected chi connectivity index (χ4v) is 2.69. The highest BCUT2D eigenvalue weighted by Crippen LogP contribution is 2.34. The quantitative estimate of drug-likeness (QED) is 0.937. The van der Waals surface area contributed by atoms with E-state index in [0.29, 0.717) is 5.56 Å². The van der Waals surface area contributed by atoms with E-state index in [1.807, 2.05) is 26.0 Å². The summed E-state index contributed by atoms with van der Waals surface area (Å²) in [7, 11) is 0. The van der Waals surface area contributed by atoms with Crippen LogP contribution in [0.4, 0.5) is 8.78 Å². The van der Waals surface area contributed by atoms with Crippen molar-refractivity contribution in [3.8, 4) is 11.4 Å². The van der Waals surface area contributed by atoms with E-state index >= 15 is 0 Å².